The second-order valence-electron chi connectivity index (χ2n) is 10.3. The molecule has 0 fully saturated rings. The number of aliphatic carboxylic acids is 1. The second kappa shape index (κ2) is 14.7. The van der Waals surface area contributed by atoms with E-state index in [1.807, 2.05) is 57.2 Å². The summed E-state index contributed by atoms with van der Waals surface area (Å²) in [5, 5.41) is 12.6. The van der Waals surface area contributed by atoms with E-state index in [-0.39, 0.29) is 12.0 Å². The van der Waals surface area contributed by atoms with Crippen LogP contribution < -0.4 is 10.1 Å². The van der Waals surface area contributed by atoms with Crippen LogP contribution in [0, 0.1) is 18.8 Å². The zero-order valence-corrected chi connectivity index (χ0v) is 24.5. The van der Waals surface area contributed by atoms with Gasteiger partial charge in [0.1, 0.15) is 5.75 Å². The molecule has 0 aliphatic heterocycles. The molecule has 0 heterocycles. The lowest BCUT2D eigenvalue weighted by molar-refractivity contribution is -0.146. The predicted octanol–water partition coefficient (Wildman–Crippen LogP) is 7.87. The van der Waals surface area contributed by atoms with Crippen molar-refractivity contribution in [1.82, 2.24) is 0 Å². The number of rotatable bonds is 14. The normalized spacial score (nSPS) is 16.7. The van der Waals surface area contributed by atoms with E-state index in [1.165, 1.54) is 11.1 Å². The van der Waals surface area contributed by atoms with Crippen LogP contribution in [0.25, 0.3) is 11.1 Å². The molecule has 1 amide bonds. The largest absolute Gasteiger partial charge is 0.494 e. The molecule has 40 heavy (non-hydrogen) atoms. The first kappa shape index (κ1) is 30.9. The number of hydrogen-bond donors (Lipinski definition) is 2. The Morgan fingerprint density at radius 2 is 1.82 bits per heavy atom. The highest BCUT2D eigenvalue weighted by Gasteiger charge is 2.31. The Hall–Kier alpha value is -3.64. The van der Waals surface area contributed by atoms with E-state index in [9.17, 15) is 14.7 Å². The molecule has 2 unspecified atom stereocenters. The molecular formula is C34H43NO5. The van der Waals surface area contributed by atoms with Crippen LogP contribution in [0.4, 0.5) is 5.69 Å². The van der Waals surface area contributed by atoms with Crippen molar-refractivity contribution in [2.45, 2.75) is 73.0 Å². The molecule has 0 saturated carbocycles. The van der Waals surface area contributed by atoms with Crippen molar-refractivity contribution < 1.29 is 24.2 Å². The van der Waals surface area contributed by atoms with Crippen LogP contribution in [0.15, 0.2) is 72.4 Å². The summed E-state index contributed by atoms with van der Waals surface area (Å²) >= 11 is 0. The minimum Gasteiger partial charge on any atom is -0.494 e. The van der Waals surface area contributed by atoms with Crippen molar-refractivity contribution in [3.63, 3.8) is 0 Å². The van der Waals surface area contributed by atoms with Crippen molar-refractivity contribution in [3.05, 3.63) is 83.5 Å². The molecule has 3 atom stereocenters. The summed E-state index contributed by atoms with van der Waals surface area (Å²) < 4.78 is 12.3. The standard InChI is InChI=1S/C34H43NO5/c1-7-11-13-24-20-27(18-22(24)5)40-21-25-19-26(35-33(36)28(8-2)29(9-3)34(37)38)16-17-31(25)30-14-12-15-32(23(30)6)39-10-4/h7,11-17,19,27-29H,1,8-10,18,20-21H2,2-6H3,(H,35,36)(H,37,38)/b13-11-/t27?,28?,29-/m1/s1. The van der Waals surface area contributed by atoms with Gasteiger partial charge < -0.3 is 19.9 Å². The van der Waals surface area contributed by atoms with Crippen LogP contribution >= 0.6 is 0 Å². The summed E-state index contributed by atoms with van der Waals surface area (Å²) in [5.74, 6) is -1.72. The topological polar surface area (TPSA) is 84.9 Å². The first-order chi connectivity index (χ1) is 19.2. The highest BCUT2D eigenvalue weighted by atomic mass is 16.5. The molecule has 214 valence electrons. The van der Waals surface area contributed by atoms with Gasteiger partial charge in [-0.05, 0) is 92.5 Å². The minimum absolute atomic E-state index is 0.0665. The molecule has 0 saturated heterocycles. The fraction of sp³-hybridized carbons (Fsp3) is 0.412. The lowest BCUT2D eigenvalue weighted by Crippen LogP contribution is -2.33. The van der Waals surface area contributed by atoms with Crippen LogP contribution in [-0.2, 0) is 20.9 Å². The van der Waals surface area contributed by atoms with Crippen molar-refractivity contribution in [1.29, 1.82) is 0 Å². The third-order valence-electron chi connectivity index (χ3n) is 7.70. The number of benzene rings is 2. The van der Waals surface area contributed by atoms with Gasteiger partial charge in [0, 0.05) is 5.69 Å². The molecule has 0 spiro atoms. The van der Waals surface area contributed by atoms with Gasteiger partial charge in [-0.3, -0.25) is 9.59 Å². The number of nitrogens with one attached hydrogen (secondary N) is 1. The summed E-state index contributed by atoms with van der Waals surface area (Å²) in [6, 6.07) is 11.8. The molecule has 0 aromatic heterocycles. The van der Waals surface area contributed by atoms with Gasteiger partial charge in [-0.1, -0.05) is 62.4 Å². The second-order valence-corrected chi connectivity index (χ2v) is 10.3. The first-order valence-electron chi connectivity index (χ1n) is 14.2. The number of allylic oxidation sites excluding steroid dienone is 3. The lowest BCUT2D eigenvalue weighted by Gasteiger charge is -2.22. The molecule has 2 N–H and O–H groups in total. The van der Waals surface area contributed by atoms with E-state index in [1.54, 1.807) is 13.0 Å². The minimum atomic E-state index is -0.943. The number of ether oxygens (including phenoxy) is 2. The van der Waals surface area contributed by atoms with Crippen molar-refractivity contribution in [2.24, 2.45) is 11.8 Å². The number of amides is 1. The SMILES string of the molecule is C=C/C=C\C1=C(C)CC(OCc2cc(NC(=O)C(CC)[C@@H](CC)C(=O)O)ccc2-c2cccc(OCC)c2C)C1. The maximum Gasteiger partial charge on any atom is 0.307 e. The highest BCUT2D eigenvalue weighted by Crippen LogP contribution is 2.36. The summed E-state index contributed by atoms with van der Waals surface area (Å²) in [5.41, 5.74) is 7.26. The number of hydrogen-bond acceptors (Lipinski definition) is 4. The number of carbonyl (C=O) groups is 2. The third-order valence-corrected chi connectivity index (χ3v) is 7.70. The Labute approximate surface area is 238 Å². The fourth-order valence-electron chi connectivity index (χ4n) is 5.47. The number of anilines is 1. The Kier molecular flexibility index (Phi) is 11.3. The van der Waals surface area contributed by atoms with E-state index in [0.717, 1.165) is 40.8 Å². The van der Waals surface area contributed by atoms with Gasteiger partial charge >= 0.3 is 5.97 Å². The molecular weight excluding hydrogens is 502 g/mol. The monoisotopic (exact) mass is 545 g/mol. The fourth-order valence-corrected chi connectivity index (χ4v) is 5.47. The van der Waals surface area contributed by atoms with E-state index in [2.05, 4.69) is 31.0 Å². The third kappa shape index (κ3) is 7.51. The predicted molar refractivity (Wildman–Crippen MR) is 161 cm³/mol. The molecule has 2 aromatic carbocycles. The molecule has 1 aliphatic carbocycles. The Bertz CT molecular complexity index is 1280. The molecule has 6 nitrogen and oxygen atoms in total. The average molecular weight is 546 g/mol. The summed E-state index contributed by atoms with van der Waals surface area (Å²) in [7, 11) is 0. The van der Waals surface area contributed by atoms with Crippen molar-refractivity contribution in [3.8, 4) is 16.9 Å². The Morgan fingerprint density at radius 3 is 2.48 bits per heavy atom. The van der Waals surface area contributed by atoms with Gasteiger partial charge in [-0.15, -0.1) is 0 Å². The van der Waals surface area contributed by atoms with Gasteiger partial charge in [0.2, 0.25) is 5.91 Å². The van der Waals surface area contributed by atoms with Crippen LogP contribution in [-0.4, -0.2) is 29.7 Å². The van der Waals surface area contributed by atoms with Crippen LogP contribution in [0.2, 0.25) is 0 Å². The molecule has 0 radical (unpaired) electrons. The zero-order valence-electron chi connectivity index (χ0n) is 24.5. The summed E-state index contributed by atoms with van der Waals surface area (Å²) in [6.07, 6.45) is 8.45. The zero-order chi connectivity index (χ0) is 29.2. The number of carbonyl (C=O) groups excluding carboxylic acids is 1. The van der Waals surface area contributed by atoms with Gasteiger partial charge in [0.15, 0.2) is 0 Å². The molecule has 6 heteroatoms. The Balaban J connectivity index is 1.92. The first-order valence-corrected chi connectivity index (χ1v) is 14.2. The smallest absolute Gasteiger partial charge is 0.307 e. The molecule has 0 bridgehead atoms. The lowest BCUT2D eigenvalue weighted by atomic mass is 9.87. The molecule has 2 aromatic rings. The summed E-state index contributed by atoms with van der Waals surface area (Å²) in [4.78, 5) is 24.9. The van der Waals surface area contributed by atoms with E-state index in [0.29, 0.717) is 31.7 Å². The molecule has 3 rings (SSSR count). The van der Waals surface area contributed by atoms with Gasteiger partial charge in [0.05, 0.1) is 31.2 Å². The van der Waals surface area contributed by atoms with Crippen LogP contribution in [0.3, 0.4) is 0 Å². The van der Waals surface area contributed by atoms with Gasteiger partial charge in [-0.2, -0.15) is 0 Å². The van der Waals surface area contributed by atoms with Crippen LogP contribution in [0.1, 0.15) is 64.5 Å². The maximum atomic E-state index is 13.2. The average Bonchev–Trinajstić information content (AvgIpc) is 3.29. The summed E-state index contributed by atoms with van der Waals surface area (Å²) in [6.45, 7) is 14.5. The van der Waals surface area contributed by atoms with E-state index in [4.69, 9.17) is 9.47 Å². The number of carboxylic acid groups (broad SMARTS) is 1. The highest BCUT2D eigenvalue weighted by molar-refractivity contribution is 5.95. The van der Waals surface area contributed by atoms with Gasteiger partial charge in [0.25, 0.3) is 0 Å². The van der Waals surface area contributed by atoms with Gasteiger partial charge in [-0.25, -0.2) is 0 Å². The maximum absolute atomic E-state index is 13.2. The number of carboxylic acids is 1. The van der Waals surface area contributed by atoms with Crippen molar-refractivity contribution in [2.75, 3.05) is 11.9 Å². The van der Waals surface area contributed by atoms with Crippen molar-refractivity contribution >= 4 is 17.6 Å². The quantitative estimate of drug-likeness (QED) is 0.236. The Morgan fingerprint density at radius 1 is 1.07 bits per heavy atom. The van der Waals surface area contributed by atoms with E-state index < -0.39 is 17.8 Å². The van der Waals surface area contributed by atoms with E-state index >= 15 is 0 Å². The molecule has 1 aliphatic rings. The van der Waals surface area contributed by atoms with Crippen LogP contribution in [0.5, 0.6) is 5.75 Å².